The highest BCUT2D eigenvalue weighted by atomic mass is 16.6. The van der Waals surface area contributed by atoms with Gasteiger partial charge in [0.05, 0.1) is 31.2 Å². The van der Waals surface area contributed by atoms with Gasteiger partial charge in [-0.15, -0.1) is 0 Å². The molecule has 0 spiro atoms. The van der Waals surface area contributed by atoms with Gasteiger partial charge in [-0.2, -0.15) is 0 Å². The highest BCUT2D eigenvalue weighted by Crippen LogP contribution is 2.70. The first-order chi connectivity index (χ1) is 19.2. The van der Waals surface area contributed by atoms with Crippen molar-refractivity contribution in [2.75, 3.05) is 7.11 Å². The fourth-order valence-electron chi connectivity index (χ4n) is 8.80. The Hall–Kier alpha value is -3.20. The number of Topliss-reactive ketones (excluding diaryl/α,β-unsaturated/α-hetero) is 1. The molecule has 0 amide bonds. The number of allylic oxidation sites excluding steroid dienone is 1. The van der Waals surface area contributed by atoms with Crippen LogP contribution in [0.5, 0.6) is 0 Å². The molecule has 1 N–H and O–H groups in total. The summed E-state index contributed by atoms with van der Waals surface area (Å²) < 4.78 is 22.2. The Morgan fingerprint density at radius 3 is 2.51 bits per heavy atom. The average molecular weight is 569 g/mol. The monoisotopic (exact) mass is 568 g/mol. The molecule has 9 heteroatoms. The van der Waals surface area contributed by atoms with Crippen LogP contribution in [0.1, 0.15) is 78.9 Å². The van der Waals surface area contributed by atoms with Crippen LogP contribution < -0.4 is 0 Å². The number of cyclic esters (lactones) is 1. The van der Waals surface area contributed by atoms with E-state index in [-0.39, 0.29) is 18.6 Å². The van der Waals surface area contributed by atoms with Crippen LogP contribution in [0, 0.1) is 34.0 Å². The van der Waals surface area contributed by atoms with Crippen molar-refractivity contribution >= 4 is 23.7 Å². The second-order valence-corrected chi connectivity index (χ2v) is 13.3. The molecule has 2 bridgehead atoms. The summed E-state index contributed by atoms with van der Waals surface area (Å²) in [6.07, 6.45) is 5.37. The van der Waals surface area contributed by atoms with Gasteiger partial charge in [-0.25, -0.2) is 9.59 Å². The smallest absolute Gasteiger partial charge is 0.333 e. The van der Waals surface area contributed by atoms with Gasteiger partial charge in [0, 0.05) is 45.8 Å². The molecule has 0 aromatic carbocycles. The number of hydrogen-bond donors (Lipinski definition) is 1. The molecule has 0 saturated heterocycles. The summed E-state index contributed by atoms with van der Waals surface area (Å²) in [5.41, 5.74) is -2.75. The van der Waals surface area contributed by atoms with Crippen LogP contribution >= 0.6 is 0 Å². The zero-order chi connectivity index (χ0) is 30.1. The summed E-state index contributed by atoms with van der Waals surface area (Å²) >= 11 is 0. The van der Waals surface area contributed by atoms with Gasteiger partial charge in [-0.05, 0) is 50.7 Å². The van der Waals surface area contributed by atoms with Crippen molar-refractivity contribution in [3.05, 3.63) is 47.5 Å². The van der Waals surface area contributed by atoms with Crippen LogP contribution in [0.3, 0.4) is 0 Å². The van der Waals surface area contributed by atoms with Crippen LogP contribution in [-0.4, -0.2) is 47.6 Å². The Morgan fingerprint density at radius 1 is 1.20 bits per heavy atom. The number of methoxy groups -OCH3 is 1. The first-order valence-electron chi connectivity index (χ1n) is 14.3. The molecule has 9 nitrogen and oxygen atoms in total. The van der Waals surface area contributed by atoms with Crippen molar-refractivity contribution < 1.29 is 42.9 Å². The molecule has 1 aliphatic heterocycles. The van der Waals surface area contributed by atoms with Gasteiger partial charge >= 0.3 is 17.9 Å². The molecule has 8 unspecified atom stereocenters. The molecular formula is C32H40O9. The largest absolute Gasteiger partial charge is 0.472 e. The topological polar surface area (TPSA) is 129 Å². The van der Waals surface area contributed by atoms with Gasteiger partial charge in [0.2, 0.25) is 0 Å². The van der Waals surface area contributed by atoms with Crippen LogP contribution in [0.25, 0.3) is 0 Å². The number of hydrogen-bond acceptors (Lipinski definition) is 9. The summed E-state index contributed by atoms with van der Waals surface area (Å²) in [5, 5.41) is 12.8. The van der Waals surface area contributed by atoms with Gasteiger partial charge < -0.3 is 23.7 Å². The maximum Gasteiger partial charge on any atom is 0.333 e. The van der Waals surface area contributed by atoms with Crippen LogP contribution in [0.4, 0.5) is 0 Å². The number of ether oxygens (including phenoxy) is 3. The molecular weight excluding hydrogens is 528 g/mol. The van der Waals surface area contributed by atoms with E-state index in [4.69, 9.17) is 18.6 Å². The second kappa shape index (κ2) is 9.68. The summed E-state index contributed by atoms with van der Waals surface area (Å²) in [6.45, 7) is 11.0. The number of furan rings is 1. The molecule has 0 radical (unpaired) electrons. The Kier molecular flexibility index (Phi) is 6.92. The van der Waals surface area contributed by atoms with Crippen molar-refractivity contribution in [2.45, 2.75) is 85.0 Å². The summed E-state index contributed by atoms with van der Waals surface area (Å²) in [5.74, 6) is -3.81. The summed E-state index contributed by atoms with van der Waals surface area (Å²) in [7, 11) is 1.30. The number of carbonyl (C=O) groups is 4. The van der Waals surface area contributed by atoms with E-state index >= 15 is 0 Å². The van der Waals surface area contributed by atoms with Crippen molar-refractivity contribution in [3.63, 3.8) is 0 Å². The molecule has 3 saturated carbocycles. The highest BCUT2D eigenvalue weighted by Gasteiger charge is 2.74. The molecule has 3 aliphatic carbocycles. The van der Waals surface area contributed by atoms with E-state index in [9.17, 15) is 24.3 Å². The highest BCUT2D eigenvalue weighted by molar-refractivity contribution is 5.93. The Morgan fingerprint density at radius 2 is 1.90 bits per heavy atom. The molecule has 3 fully saturated rings. The molecule has 2 heterocycles. The SMILES string of the molecule is CC=C(C)C(=O)OC1C2CC3(O)C4=CC(=O)OC(c5ccoc5)C4(C)CCC3C(C)(C2=O)C(CC(=O)OC)C1(C)C. The lowest BCUT2D eigenvalue weighted by Gasteiger charge is -2.67. The molecule has 222 valence electrons. The number of ketones is 1. The maximum atomic E-state index is 14.5. The molecule has 8 atom stereocenters. The number of esters is 3. The van der Waals surface area contributed by atoms with Crippen molar-refractivity contribution in [2.24, 2.45) is 34.0 Å². The van der Waals surface area contributed by atoms with Crippen LogP contribution in [0.15, 0.2) is 46.3 Å². The van der Waals surface area contributed by atoms with Crippen LogP contribution in [-0.2, 0) is 33.4 Å². The van der Waals surface area contributed by atoms with Gasteiger partial charge in [-0.1, -0.05) is 33.8 Å². The number of fused-ring (bicyclic) bond motifs is 6. The lowest BCUT2D eigenvalue weighted by Crippen LogP contribution is -2.73. The maximum absolute atomic E-state index is 14.5. The van der Waals surface area contributed by atoms with Gasteiger partial charge in [-0.3, -0.25) is 9.59 Å². The Labute approximate surface area is 240 Å². The predicted octanol–water partition coefficient (Wildman–Crippen LogP) is 4.64. The lowest BCUT2D eigenvalue weighted by atomic mass is 9.37. The van der Waals surface area contributed by atoms with Gasteiger partial charge in [0.25, 0.3) is 0 Å². The molecule has 5 rings (SSSR count). The summed E-state index contributed by atoms with van der Waals surface area (Å²) in [4.78, 5) is 53.4. The van der Waals surface area contributed by atoms with E-state index in [1.807, 2.05) is 27.7 Å². The summed E-state index contributed by atoms with van der Waals surface area (Å²) in [6, 6.07) is 1.75. The third-order valence-corrected chi connectivity index (χ3v) is 11.0. The second-order valence-electron chi connectivity index (χ2n) is 13.3. The van der Waals surface area contributed by atoms with E-state index in [2.05, 4.69) is 0 Å². The average Bonchev–Trinajstić information content (AvgIpc) is 3.46. The standard InChI is InChI=1S/C32H40O9/c1-8-17(2)28(36)41-27-19-15-32(37)20(31(6,25(19)35)21(29(27,3)4)13-23(33)38-7)9-11-30(5)22(32)14-24(34)40-26(30)18-10-12-39-16-18/h8,10,12,14,16,19-21,26-27,37H,9,11,13,15H2,1-7H3. The van der Waals surface area contributed by atoms with Crippen LogP contribution in [0.2, 0.25) is 0 Å². The first kappa shape index (κ1) is 29.3. The number of carbonyl (C=O) groups excluding carboxylic acids is 4. The van der Waals surface area contributed by atoms with E-state index in [1.165, 1.54) is 25.7 Å². The van der Waals surface area contributed by atoms with E-state index in [1.54, 1.807) is 26.0 Å². The molecule has 1 aromatic rings. The number of rotatable bonds is 5. The normalized spacial score (nSPS) is 39.6. The first-order valence-corrected chi connectivity index (χ1v) is 14.3. The van der Waals surface area contributed by atoms with Crippen molar-refractivity contribution in [1.82, 2.24) is 0 Å². The quantitative estimate of drug-likeness (QED) is 0.307. The third kappa shape index (κ3) is 4.06. The van der Waals surface area contributed by atoms with Crippen molar-refractivity contribution in [3.8, 4) is 0 Å². The fourth-order valence-corrected chi connectivity index (χ4v) is 8.80. The molecule has 41 heavy (non-hydrogen) atoms. The fraction of sp³-hybridized carbons (Fsp3) is 0.625. The lowest BCUT2D eigenvalue weighted by molar-refractivity contribution is -0.234. The minimum absolute atomic E-state index is 0.0138. The number of aliphatic hydroxyl groups is 1. The molecule has 4 aliphatic rings. The zero-order valence-electron chi connectivity index (χ0n) is 24.8. The van der Waals surface area contributed by atoms with Gasteiger partial charge in [0.15, 0.2) is 0 Å². The van der Waals surface area contributed by atoms with E-state index in [0.29, 0.717) is 29.6 Å². The van der Waals surface area contributed by atoms with E-state index in [0.717, 1.165) is 0 Å². The van der Waals surface area contributed by atoms with Gasteiger partial charge in [0.1, 0.15) is 18.0 Å². The Balaban J connectivity index is 1.68. The molecule has 1 aromatic heterocycles. The minimum Gasteiger partial charge on any atom is -0.472 e. The van der Waals surface area contributed by atoms with Crippen molar-refractivity contribution in [1.29, 1.82) is 0 Å². The zero-order valence-corrected chi connectivity index (χ0v) is 24.8. The van der Waals surface area contributed by atoms with E-state index < -0.39 is 69.7 Å². The minimum atomic E-state index is -1.59. The third-order valence-electron chi connectivity index (χ3n) is 11.0. The Bertz CT molecular complexity index is 1340. The predicted molar refractivity (Wildman–Crippen MR) is 146 cm³/mol.